The number of hydrogen-bond donors (Lipinski definition) is 1. The van der Waals surface area contributed by atoms with E-state index < -0.39 is 21.7 Å². The topological polar surface area (TPSA) is 161 Å². The number of nitrogens with one attached hydrogen (secondary N) is 1. The minimum Gasteiger partial charge on any atom is -0.490 e. The van der Waals surface area contributed by atoms with Crippen LogP contribution in [0.25, 0.3) is 6.08 Å². The number of carbonyl (C=O) groups is 2. The highest BCUT2D eigenvalue weighted by Crippen LogP contribution is 2.38. The fourth-order valence-corrected chi connectivity index (χ4v) is 4.80. The Morgan fingerprint density at radius 1 is 1.31 bits per heavy atom. The van der Waals surface area contributed by atoms with E-state index in [2.05, 4.69) is 15.5 Å². The first-order valence-corrected chi connectivity index (χ1v) is 12.7. The molecule has 0 fully saturated rings. The van der Waals surface area contributed by atoms with E-state index in [1.165, 1.54) is 43.5 Å². The number of rotatable bonds is 9. The molecule has 0 aliphatic carbocycles. The largest absolute Gasteiger partial charge is 0.490 e. The van der Waals surface area contributed by atoms with E-state index in [9.17, 15) is 23.3 Å². The average molecular weight is 537 g/mol. The predicted octanol–water partition coefficient (Wildman–Crippen LogP) is 3.74. The normalized spacial score (nSPS) is 11.5. The van der Waals surface area contributed by atoms with Crippen molar-refractivity contribution in [3.63, 3.8) is 0 Å². The summed E-state index contributed by atoms with van der Waals surface area (Å²) in [4.78, 5) is 24.8. The van der Waals surface area contributed by atoms with Crippen molar-refractivity contribution >= 4 is 55.9 Å². The van der Waals surface area contributed by atoms with Gasteiger partial charge in [-0.2, -0.15) is 5.26 Å². The molecule has 11 nitrogen and oxygen atoms in total. The van der Waals surface area contributed by atoms with E-state index in [-0.39, 0.29) is 49.7 Å². The van der Waals surface area contributed by atoms with Gasteiger partial charge in [0.05, 0.1) is 23.6 Å². The number of benzene rings is 1. The third-order valence-corrected chi connectivity index (χ3v) is 7.50. The second kappa shape index (κ2) is 11.1. The Labute approximate surface area is 208 Å². The number of ether oxygens (including phenoxy) is 2. The van der Waals surface area contributed by atoms with Gasteiger partial charge in [0.25, 0.3) is 5.91 Å². The van der Waals surface area contributed by atoms with Crippen LogP contribution in [0.2, 0.25) is 5.02 Å². The molecule has 0 atom stereocenters. The van der Waals surface area contributed by atoms with Crippen LogP contribution in [0.4, 0.5) is 5.13 Å². The summed E-state index contributed by atoms with van der Waals surface area (Å²) in [5.74, 6) is -1.81. The Morgan fingerprint density at radius 3 is 2.71 bits per heavy atom. The van der Waals surface area contributed by atoms with Crippen molar-refractivity contribution in [2.75, 3.05) is 17.7 Å². The quantitative estimate of drug-likeness (QED) is 0.140. The standard InChI is InChI=1S/C21H17ClN4O7S2/c1-3-31-16-10-12(9-14(22)17(16)33-19(28)15-6-5-7-32-15)8-13(11-23)18(27)24-20-25-26-21(34-20)35(29,30)4-2/h5-10H,3-4H2,1-2H3,(H,24,25,27)/b13-8-. The van der Waals surface area contributed by atoms with E-state index in [0.29, 0.717) is 16.9 Å². The number of nitriles is 1. The molecule has 3 rings (SSSR count). The second-order valence-electron chi connectivity index (χ2n) is 6.53. The maximum Gasteiger partial charge on any atom is 0.379 e. The monoisotopic (exact) mass is 536 g/mol. The second-order valence-corrected chi connectivity index (χ2v) is 10.4. The number of hydrogen-bond acceptors (Lipinski definition) is 11. The summed E-state index contributed by atoms with van der Waals surface area (Å²) < 4.78 is 39.3. The molecule has 0 unspecified atom stereocenters. The van der Waals surface area contributed by atoms with Gasteiger partial charge in [-0.15, -0.1) is 10.2 Å². The van der Waals surface area contributed by atoms with Gasteiger partial charge in [0.1, 0.15) is 11.6 Å². The Kier molecular flexibility index (Phi) is 8.23. The van der Waals surface area contributed by atoms with Crippen LogP contribution in [0.3, 0.4) is 0 Å². The summed E-state index contributed by atoms with van der Waals surface area (Å²) in [6.45, 7) is 3.37. The van der Waals surface area contributed by atoms with E-state index in [4.69, 9.17) is 25.5 Å². The fourth-order valence-electron chi connectivity index (χ4n) is 2.56. The summed E-state index contributed by atoms with van der Waals surface area (Å²) in [7, 11) is -3.59. The molecule has 1 aromatic carbocycles. The first-order chi connectivity index (χ1) is 16.7. The van der Waals surface area contributed by atoms with Crippen LogP contribution in [-0.2, 0) is 14.6 Å². The van der Waals surface area contributed by atoms with Crippen LogP contribution >= 0.6 is 22.9 Å². The summed E-state index contributed by atoms with van der Waals surface area (Å²) in [6.07, 6.45) is 2.54. The van der Waals surface area contributed by atoms with Gasteiger partial charge in [0.15, 0.2) is 11.5 Å². The van der Waals surface area contributed by atoms with Crippen molar-refractivity contribution in [1.29, 1.82) is 5.26 Å². The Bertz CT molecular complexity index is 1420. The fraction of sp³-hybridized carbons (Fsp3) is 0.190. The molecule has 0 saturated carbocycles. The zero-order chi connectivity index (χ0) is 25.6. The predicted molar refractivity (Wildman–Crippen MR) is 126 cm³/mol. The number of anilines is 1. The third-order valence-electron chi connectivity index (χ3n) is 4.20. The van der Waals surface area contributed by atoms with E-state index in [0.717, 1.165) is 0 Å². The molecule has 1 amide bonds. The molecule has 2 aromatic heterocycles. The molecule has 35 heavy (non-hydrogen) atoms. The maximum absolute atomic E-state index is 12.6. The molecule has 0 radical (unpaired) electrons. The summed E-state index contributed by atoms with van der Waals surface area (Å²) >= 11 is 6.97. The Balaban J connectivity index is 1.86. The average Bonchev–Trinajstić information content (AvgIpc) is 3.52. The van der Waals surface area contributed by atoms with Crippen molar-refractivity contribution in [3.8, 4) is 17.6 Å². The molecule has 1 N–H and O–H groups in total. The minimum absolute atomic E-state index is 0.0154. The highest BCUT2D eigenvalue weighted by atomic mass is 35.5. The molecular formula is C21H17ClN4O7S2. The molecule has 0 spiro atoms. The van der Waals surface area contributed by atoms with Gasteiger partial charge in [0, 0.05) is 0 Å². The molecule has 2 heterocycles. The Hall–Kier alpha value is -3.73. The first kappa shape index (κ1) is 25.9. The van der Waals surface area contributed by atoms with Gasteiger partial charge in [-0.1, -0.05) is 29.9 Å². The van der Waals surface area contributed by atoms with Crippen LogP contribution in [-0.4, -0.2) is 42.9 Å². The van der Waals surface area contributed by atoms with Crippen molar-refractivity contribution in [2.45, 2.75) is 18.2 Å². The van der Waals surface area contributed by atoms with Gasteiger partial charge in [-0.3, -0.25) is 10.1 Å². The Morgan fingerprint density at radius 2 is 2.09 bits per heavy atom. The SMILES string of the molecule is CCOc1cc(/C=C(/C#N)C(=O)Nc2nnc(S(=O)(=O)CC)s2)cc(Cl)c1OC(=O)c1ccco1. The number of halogens is 1. The molecule has 182 valence electrons. The molecular weight excluding hydrogens is 520 g/mol. The zero-order valence-electron chi connectivity index (χ0n) is 18.3. The van der Waals surface area contributed by atoms with Crippen LogP contribution in [0.5, 0.6) is 11.5 Å². The molecule has 0 saturated heterocycles. The number of carbonyl (C=O) groups excluding carboxylic acids is 2. The lowest BCUT2D eigenvalue weighted by Crippen LogP contribution is -2.13. The highest BCUT2D eigenvalue weighted by molar-refractivity contribution is 7.93. The molecule has 14 heteroatoms. The number of nitrogens with zero attached hydrogens (tertiary/aromatic N) is 3. The lowest BCUT2D eigenvalue weighted by Gasteiger charge is -2.13. The number of amides is 1. The van der Waals surface area contributed by atoms with Crippen LogP contribution in [0.1, 0.15) is 30.0 Å². The summed E-state index contributed by atoms with van der Waals surface area (Å²) in [6, 6.07) is 7.51. The zero-order valence-corrected chi connectivity index (χ0v) is 20.7. The summed E-state index contributed by atoms with van der Waals surface area (Å²) in [5, 5.41) is 18.9. The molecule has 0 aliphatic rings. The maximum atomic E-state index is 12.6. The van der Waals surface area contributed by atoms with Gasteiger partial charge < -0.3 is 13.9 Å². The molecule has 3 aromatic rings. The first-order valence-electron chi connectivity index (χ1n) is 9.89. The lowest BCUT2D eigenvalue weighted by atomic mass is 10.1. The van der Waals surface area contributed by atoms with Crippen molar-refractivity contribution in [3.05, 3.63) is 52.4 Å². The smallest absolute Gasteiger partial charge is 0.379 e. The van der Waals surface area contributed by atoms with Crippen molar-refractivity contribution in [1.82, 2.24) is 10.2 Å². The van der Waals surface area contributed by atoms with Crippen LogP contribution < -0.4 is 14.8 Å². The summed E-state index contributed by atoms with van der Waals surface area (Å²) in [5.41, 5.74) is -0.0339. The molecule has 0 bridgehead atoms. The number of furan rings is 1. The van der Waals surface area contributed by atoms with Crippen molar-refractivity contribution < 1.29 is 31.9 Å². The van der Waals surface area contributed by atoms with Gasteiger partial charge in [-0.25, -0.2) is 13.2 Å². The van der Waals surface area contributed by atoms with Crippen molar-refractivity contribution in [2.24, 2.45) is 0 Å². The van der Waals surface area contributed by atoms with Crippen LogP contribution in [0, 0.1) is 11.3 Å². The number of sulfone groups is 1. The molecule has 0 aliphatic heterocycles. The van der Waals surface area contributed by atoms with E-state index in [1.54, 1.807) is 13.0 Å². The highest BCUT2D eigenvalue weighted by Gasteiger charge is 2.21. The van der Waals surface area contributed by atoms with Gasteiger partial charge >= 0.3 is 5.97 Å². The lowest BCUT2D eigenvalue weighted by molar-refractivity contribution is -0.112. The minimum atomic E-state index is -3.59. The van der Waals surface area contributed by atoms with Gasteiger partial charge in [0.2, 0.25) is 25.1 Å². The van der Waals surface area contributed by atoms with Crippen LogP contribution in [0.15, 0.2) is 44.9 Å². The van der Waals surface area contributed by atoms with E-state index >= 15 is 0 Å². The number of aromatic nitrogens is 2. The van der Waals surface area contributed by atoms with Gasteiger partial charge in [-0.05, 0) is 42.8 Å². The third kappa shape index (κ3) is 6.24. The van der Waals surface area contributed by atoms with E-state index in [1.807, 2.05) is 0 Å². The number of esters is 1.